The number of furan rings is 1. The molecule has 9 rings (SSSR count). The maximum atomic E-state index is 6.37. The summed E-state index contributed by atoms with van der Waals surface area (Å²) in [7, 11) is 0. The molecule has 2 nitrogen and oxygen atoms in total. The standard InChI is InChI=1S/C41H29NO/c1-41(2)36-18-10-8-16-30(36)34-24-35-33(25-37(34)41)29-15-7-6-12-26(29)22-38(35)42(27-13-4-3-5-14-27)28-20-21-32-31-17-9-11-19-39(31)43-40(32)23-28/h3-25H,1-2H3. The summed E-state index contributed by atoms with van der Waals surface area (Å²) in [5.41, 5.74) is 10.5. The fourth-order valence-corrected chi connectivity index (χ4v) is 7.32. The van der Waals surface area contributed by atoms with E-state index in [0.717, 1.165) is 39.0 Å². The molecule has 43 heavy (non-hydrogen) atoms. The molecule has 0 fully saturated rings. The summed E-state index contributed by atoms with van der Waals surface area (Å²) in [5, 5.41) is 7.29. The Balaban J connectivity index is 1.38. The lowest BCUT2D eigenvalue weighted by Gasteiger charge is -2.28. The summed E-state index contributed by atoms with van der Waals surface area (Å²) >= 11 is 0. The Hall–Kier alpha value is -5.34. The maximum absolute atomic E-state index is 6.37. The summed E-state index contributed by atoms with van der Waals surface area (Å²) in [6, 6.07) is 50.5. The van der Waals surface area contributed by atoms with Gasteiger partial charge in [-0.1, -0.05) is 98.8 Å². The quantitative estimate of drug-likeness (QED) is 0.203. The van der Waals surface area contributed by atoms with E-state index in [1.54, 1.807) is 0 Å². The molecule has 0 saturated heterocycles. The van der Waals surface area contributed by atoms with Crippen molar-refractivity contribution in [3.63, 3.8) is 0 Å². The van der Waals surface area contributed by atoms with Gasteiger partial charge in [-0.15, -0.1) is 0 Å². The molecule has 1 aromatic heterocycles. The van der Waals surface area contributed by atoms with Gasteiger partial charge in [0, 0.05) is 39.0 Å². The molecule has 7 aromatic carbocycles. The van der Waals surface area contributed by atoms with Crippen LogP contribution in [0.15, 0.2) is 144 Å². The summed E-state index contributed by atoms with van der Waals surface area (Å²) in [4.78, 5) is 2.39. The van der Waals surface area contributed by atoms with Gasteiger partial charge in [0.25, 0.3) is 0 Å². The van der Waals surface area contributed by atoms with E-state index in [2.05, 4.69) is 146 Å². The number of benzene rings is 7. The van der Waals surface area contributed by atoms with Crippen molar-refractivity contribution in [2.24, 2.45) is 0 Å². The highest BCUT2D eigenvalue weighted by atomic mass is 16.3. The van der Waals surface area contributed by atoms with E-state index in [9.17, 15) is 0 Å². The normalized spacial score (nSPS) is 13.5. The van der Waals surface area contributed by atoms with Crippen molar-refractivity contribution in [2.75, 3.05) is 4.90 Å². The molecule has 0 atom stereocenters. The molecule has 0 spiro atoms. The summed E-state index contributed by atoms with van der Waals surface area (Å²) in [6.07, 6.45) is 0. The molecule has 0 radical (unpaired) electrons. The first-order chi connectivity index (χ1) is 21.1. The Kier molecular flexibility index (Phi) is 4.99. The zero-order chi connectivity index (χ0) is 28.7. The van der Waals surface area contributed by atoms with Crippen molar-refractivity contribution in [2.45, 2.75) is 19.3 Å². The Bertz CT molecular complexity index is 2380. The van der Waals surface area contributed by atoms with Gasteiger partial charge in [0.2, 0.25) is 0 Å². The molecule has 8 aromatic rings. The van der Waals surface area contributed by atoms with Crippen LogP contribution in [-0.4, -0.2) is 0 Å². The Morgan fingerprint density at radius 2 is 1.19 bits per heavy atom. The van der Waals surface area contributed by atoms with Crippen molar-refractivity contribution in [3.8, 4) is 11.1 Å². The SMILES string of the molecule is CC1(C)c2ccccc2-c2cc3c(N(c4ccccc4)c4ccc5c(c4)oc4ccccc45)cc4ccccc4c3cc21. The van der Waals surface area contributed by atoms with Crippen LogP contribution in [0, 0.1) is 0 Å². The molecule has 0 unspecified atom stereocenters. The van der Waals surface area contributed by atoms with Crippen molar-refractivity contribution in [3.05, 3.63) is 151 Å². The number of anilines is 3. The van der Waals surface area contributed by atoms with E-state index >= 15 is 0 Å². The molecule has 1 aliphatic rings. The van der Waals surface area contributed by atoms with Crippen LogP contribution in [0.2, 0.25) is 0 Å². The van der Waals surface area contributed by atoms with Crippen LogP contribution in [-0.2, 0) is 5.41 Å². The minimum absolute atomic E-state index is 0.0668. The van der Waals surface area contributed by atoms with Gasteiger partial charge in [0.1, 0.15) is 11.2 Å². The summed E-state index contributed by atoms with van der Waals surface area (Å²) < 4.78 is 6.37. The molecule has 0 amide bonds. The van der Waals surface area contributed by atoms with Crippen LogP contribution in [0.25, 0.3) is 54.6 Å². The van der Waals surface area contributed by atoms with Crippen LogP contribution in [0.3, 0.4) is 0 Å². The second-order valence-corrected chi connectivity index (χ2v) is 12.2. The van der Waals surface area contributed by atoms with Crippen molar-refractivity contribution in [1.82, 2.24) is 0 Å². The van der Waals surface area contributed by atoms with Crippen LogP contribution in [0.5, 0.6) is 0 Å². The first-order valence-corrected chi connectivity index (χ1v) is 14.9. The largest absolute Gasteiger partial charge is 0.456 e. The van der Waals surface area contributed by atoms with Gasteiger partial charge in [-0.25, -0.2) is 0 Å². The van der Waals surface area contributed by atoms with E-state index in [1.807, 2.05) is 12.1 Å². The minimum Gasteiger partial charge on any atom is -0.456 e. The van der Waals surface area contributed by atoms with Crippen LogP contribution in [0.4, 0.5) is 17.1 Å². The third kappa shape index (κ3) is 3.47. The molecule has 1 aliphatic carbocycles. The number of para-hydroxylation sites is 2. The fourth-order valence-electron chi connectivity index (χ4n) is 7.32. The first kappa shape index (κ1) is 24.3. The molecule has 0 saturated carbocycles. The zero-order valence-corrected chi connectivity index (χ0v) is 24.1. The molecule has 0 N–H and O–H groups in total. The topological polar surface area (TPSA) is 16.4 Å². The van der Waals surface area contributed by atoms with Crippen molar-refractivity contribution < 1.29 is 4.42 Å². The number of hydrogen-bond donors (Lipinski definition) is 0. The van der Waals surface area contributed by atoms with Crippen molar-refractivity contribution >= 4 is 60.5 Å². The Labute approximate surface area is 250 Å². The highest BCUT2D eigenvalue weighted by Gasteiger charge is 2.36. The third-order valence-corrected chi connectivity index (χ3v) is 9.42. The maximum Gasteiger partial charge on any atom is 0.137 e. The molecule has 0 aliphatic heterocycles. The molecule has 0 bridgehead atoms. The predicted molar refractivity (Wildman–Crippen MR) is 181 cm³/mol. The first-order valence-electron chi connectivity index (χ1n) is 14.9. The van der Waals surface area contributed by atoms with E-state index in [0.29, 0.717) is 0 Å². The van der Waals surface area contributed by atoms with Gasteiger partial charge >= 0.3 is 0 Å². The van der Waals surface area contributed by atoms with Gasteiger partial charge in [-0.2, -0.15) is 0 Å². The lowest BCUT2D eigenvalue weighted by Crippen LogP contribution is -2.15. The highest BCUT2D eigenvalue weighted by molar-refractivity contribution is 6.17. The zero-order valence-electron chi connectivity index (χ0n) is 24.1. The third-order valence-electron chi connectivity index (χ3n) is 9.42. The molecule has 2 heteroatoms. The smallest absolute Gasteiger partial charge is 0.137 e. The van der Waals surface area contributed by atoms with Crippen molar-refractivity contribution in [1.29, 1.82) is 0 Å². The minimum atomic E-state index is -0.0668. The monoisotopic (exact) mass is 551 g/mol. The number of hydrogen-bond acceptors (Lipinski definition) is 2. The van der Waals surface area contributed by atoms with Gasteiger partial charge in [0.05, 0.1) is 5.69 Å². The number of rotatable bonds is 3. The lowest BCUT2D eigenvalue weighted by atomic mass is 9.81. The van der Waals surface area contributed by atoms with Gasteiger partial charge < -0.3 is 9.32 Å². The van der Waals surface area contributed by atoms with Crippen LogP contribution in [0.1, 0.15) is 25.0 Å². The number of fused-ring (bicyclic) bond motifs is 9. The van der Waals surface area contributed by atoms with Gasteiger partial charge in [0.15, 0.2) is 0 Å². The average Bonchev–Trinajstić information content (AvgIpc) is 3.53. The summed E-state index contributed by atoms with van der Waals surface area (Å²) in [5.74, 6) is 0. The van der Waals surface area contributed by atoms with E-state index in [4.69, 9.17) is 4.42 Å². The van der Waals surface area contributed by atoms with Crippen LogP contribution < -0.4 is 4.90 Å². The second-order valence-electron chi connectivity index (χ2n) is 12.2. The van der Waals surface area contributed by atoms with E-state index in [-0.39, 0.29) is 5.41 Å². The Morgan fingerprint density at radius 3 is 2.07 bits per heavy atom. The molecule has 1 heterocycles. The fraction of sp³-hybridized carbons (Fsp3) is 0.0732. The predicted octanol–water partition coefficient (Wildman–Crippen LogP) is 11.7. The average molecular weight is 552 g/mol. The highest BCUT2D eigenvalue weighted by Crippen LogP contribution is 2.52. The van der Waals surface area contributed by atoms with E-state index in [1.165, 1.54) is 43.8 Å². The lowest BCUT2D eigenvalue weighted by molar-refractivity contribution is 0.661. The van der Waals surface area contributed by atoms with E-state index < -0.39 is 0 Å². The number of nitrogens with zero attached hydrogens (tertiary/aromatic N) is 1. The molecular formula is C41H29NO. The molecular weight excluding hydrogens is 522 g/mol. The van der Waals surface area contributed by atoms with Crippen LogP contribution >= 0.6 is 0 Å². The van der Waals surface area contributed by atoms with Gasteiger partial charge in [-0.05, 0) is 86.9 Å². The van der Waals surface area contributed by atoms with Gasteiger partial charge in [-0.3, -0.25) is 0 Å². The Morgan fingerprint density at radius 1 is 0.465 bits per heavy atom. The molecule has 204 valence electrons. The summed E-state index contributed by atoms with van der Waals surface area (Å²) in [6.45, 7) is 4.71. The second kappa shape index (κ2) is 8.83.